The second-order valence-electron chi connectivity index (χ2n) is 7.33. The van der Waals surface area contributed by atoms with Crippen LogP contribution in [0.1, 0.15) is 32.8 Å². The van der Waals surface area contributed by atoms with Gasteiger partial charge in [0.2, 0.25) is 10.0 Å². The molecule has 8 nitrogen and oxygen atoms in total. The second kappa shape index (κ2) is 10.7. The number of nitrogens with zero attached hydrogens (tertiary/aromatic N) is 2. The molecule has 0 bridgehead atoms. The van der Waals surface area contributed by atoms with Gasteiger partial charge in [-0.3, -0.25) is 14.9 Å². The highest BCUT2D eigenvalue weighted by molar-refractivity contribution is 7.89. The zero-order valence-corrected chi connectivity index (χ0v) is 19.1. The molecule has 0 aliphatic rings. The summed E-state index contributed by atoms with van der Waals surface area (Å²) in [5, 5.41) is 11.4. The molecule has 31 heavy (non-hydrogen) atoms. The highest BCUT2D eigenvalue weighted by Gasteiger charge is 2.37. The molecule has 2 aromatic carbocycles. The van der Waals surface area contributed by atoms with Crippen LogP contribution in [0.5, 0.6) is 0 Å². The van der Waals surface area contributed by atoms with E-state index in [-0.39, 0.29) is 36.1 Å². The Morgan fingerprint density at radius 3 is 2.35 bits per heavy atom. The van der Waals surface area contributed by atoms with E-state index < -0.39 is 27.0 Å². The predicted octanol–water partition coefficient (Wildman–Crippen LogP) is 4.42. The lowest BCUT2D eigenvalue weighted by molar-refractivity contribution is -0.384. The molecule has 0 spiro atoms. The molecular weight excluding hydrogens is 444 g/mol. The molecule has 10 heteroatoms. The van der Waals surface area contributed by atoms with E-state index in [1.54, 1.807) is 31.2 Å². The highest BCUT2D eigenvalue weighted by Crippen LogP contribution is 2.27. The Labute approximate surface area is 187 Å². The number of halogens is 1. The molecule has 0 N–H and O–H groups in total. The predicted molar refractivity (Wildman–Crippen MR) is 117 cm³/mol. The van der Waals surface area contributed by atoms with Crippen molar-refractivity contribution in [3.05, 3.63) is 69.2 Å². The monoisotopic (exact) mass is 468 g/mol. The summed E-state index contributed by atoms with van der Waals surface area (Å²) in [6.45, 7) is 5.40. The van der Waals surface area contributed by atoms with E-state index in [0.29, 0.717) is 10.6 Å². The van der Waals surface area contributed by atoms with Gasteiger partial charge in [-0.15, -0.1) is 0 Å². The van der Waals surface area contributed by atoms with Gasteiger partial charge < -0.3 is 4.74 Å². The van der Waals surface area contributed by atoms with Gasteiger partial charge in [-0.1, -0.05) is 37.6 Å². The minimum atomic E-state index is -4.20. The smallest absolute Gasteiger partial charge is 0.324 e. The van der Waals surface area contributed by atoms with Crippen LogP contribution in [-0.2, 0) is 26.1 Å². The van der Waals surface area contributed by atoms with Gasteiger partial charge in [-0.05, 0) is 49.1 Å². The normalized spacial score (nSPS) is 12.7. The van der Waals surface area contributed by atoms with Crippen LogP contribution >= 0.6 is 11.6 Å². The molecular formula is C21H25ClN2O6S. The van der Waals surface area contributed by atoms with E-state index in [9.17, 15) is 23.3 Å². The lowest BCUT2D eigenvalue weighted by atomic mass is 10.0. The fourth-order valence-corrected chi connectivity index (χ4v) is 4.86. The summed E-state index contributed by atoms with van der Waals surface area (Å²) >= 11 is 6.06. The van der Waals surface area contributed by atoms with Gasteiger partial charge in [0, 0.05) is 23.7 Å². The first kappa shape index (κ1) is 24.8. The number of carbonyl (C=O) groups excluding carboxylic acids is 1. The van der Waals surface area contributed by atoms with E-state index in [2.05, 4.69) is 0 Å². The van der Waals surface area contributed by atoms with Crippen molar-refractivity contribution in [3.8, 4) is 0 Å². The van der Waals surface area contributed by atoms with Gasteiger partial charge in [0.25, 0.3) is 5.69 Å². The second-order valence-corrected chi connectivity index (χ2v) is 9.66. The number of esters is 1. The molecule has 1 atom stereocenters. The molecule has 168 valence electrons. The third-order valence-electron chi connectivity index (χ3n) is 4.48. The zero-order valence-electron chi connectivity index (χ0n) is 17.5. The Kier molecular flexibility index (Phi) is 8.55. The fourth-order valence-electron chi connectivity index (χ4n) is 3.07. The average molecular weight is 469 g/mol. The maximum Gasteiger partial charge on any atom is 0.324 e. The van der Waals surface area contributed by atoms with Crippen molar-refractivity contribution in [2.24, 2.45) is 5.92 Å². The third-order valence-corrected chi connectivity index (χ3v) is 6.59. The lowest BCUT2D eigenvalue weighted by Gasteiger charge is -2.30. The molecule has 0 aliphatic carbocycles. The van der Waals surface area contributed by atoms with Crippen molar-refractivity contribution in [3.63, 3.8) is 0 Å². The number of carbonyl (C=O) groups is 1. The number of nitro benzene ring substituents is 1. The van der Waals surface area contributed by atoms with Crippen LogP contribution in [0, 0.1) is 16.0 Å². The van der Waals surface area contributed by atoms with E-state index in [4.69, 9.17) is 16.3 Å². The summed E-state index contributed by atoms with van der Waals surface area (Å²) in [6, 6.07) is 10.2. The average Bonchev–Trinajstić information content (AvgIpc) is 2.70. The van der Waals surface area contributed by atoms with Crippen LogP contribution in [0.3, 0.4) is 0 Å². The molecule has 0 aromatic heterocycles. The summed E-state index contributed by atoms with van der Waals surface area (Å²) in [5.74, 6) is -0.646. The first-order valence-electron chi connectivity index (χ1n) is 9.73. The van der Waals surface area contributed by atoms with Gasteiger partial charge >= 0.3 is 5.97 Å². The van der Waals surface area contributed by atoms with Crippen molar-refractivity contribution < 1.29 is 22.9 Å². The molecule has 0 aliphatic heterocycles. The van der Waals surface area contributed by atoms with Crippen molar-refractivity contribution in [1.29, 1.82) is 0 Å². The number of benzene rings is 2. The Balaban J connectivity index is 2.57. The van der Waals surface area contributed by atoms with Gasteiger partial charge in [-0.25, -0.2) is 8.42 Å². The van der Waals surface area contributed by atoms with Crippen LogP contribution in [0.25, 0.3) is 0 Å². The van der Waals surface area contributed by atoms with E-state index in [1.165, 1.54) is 0 Å². The Morgan fingerprint density at radius 2 is 1.84 bits per heavy atom. The number of rotatable bonds is 10. The van der Waals surface area contributed by atoms with Crippen LogP contribution < -0.4 is 0 Å². The first-order valence-corrected chi connectivity index (χ1v) is 11.6. The largest absolute Gasteiger partial charge is 0.465 e. The number of ether oxygens (including phenoxy) is 1. The van der Waals surface area contributed by atoms with Crippen molar-refractivity contribution in [1.82, 2.24) is 4.31 Å². The van der Waals surface area contributed by atoms with Gasteiger partial charge in [0.15, 0.2) is 0 Å². The first-order chi connectivity index (χ1) is 14.6. The number of non-ortho nitro benzene ring substituents is 1. The lowest BCUT2D eigenvalue weighted by Crippen LogP contribution is -2.46. The standard InChI is InChI=1S/C21H25ClN2O6S/c1-4-30-21(25)20(12-15(2)3)23(14-16-6-5-7-17(22)13-16)31(28,29)19-10-8-18(9-11-19)24(26)27/h5-11,13,15,20H,4,12,14H2,1-3H3/t20-/m1/s1. The summed E-state index contributed by atoms with van der Waals surface area (Å²) in [7, 11) is -4.20. The van der Waals surface area contributed by atoms with Gasteiger partial charge in [0.05, 0.1) is 16.4 Å². The van der Waals surface area contributed by atoms with Crippen LogP contribution in [-0.4, -0.2) is 36.3 Å². The number of hydrogen-bond donors (Lipinski definition) is 0. The van der Waals surface area contributed by atoms with Crippen LogP contribution in [0.4, 0.5) is 5.69 Å². The number of nitro groups is 1. The third kappa shape index (κ3) is 6.49. The molecule has 2 rings (SSSR count). The Hall–Kier alpha value is -2.49. The van der Waals surface area contributed by atoms with E-state index in [1.807, 2.05) is 13.8 Å². The quantitative estimate of drug-likeness (QED) is 0.290. The number of hydrogen-bond acceptors (Lipinski definition) is 6. The molecule has 0 fully saturated rings. The van der Waals surface area contributed by atoms with Gasteiger partial charge in [-0.2, -0.15) is 4.31 Å². The molecule has 0 heterocycles. The molecule has 0 radical (unpaired) electrons. The maximum atomic E-state index is 13.5. The molecule has 2 aromatic rings. The summed E-state index contributed by atoms with van der Waals surface area (Å²) in [4.78, 5) is 22.9. The minimum absolute atomic E-state index is 0.00308. The van der Waals surface area contributed by atoms with Crippen molar-refractivity contribution >= 4 is 33.3 Å². The molecule has 0 saturated carbocycles. The SMILES string of the molecule is CCOC(=O)[C@@H](CC(C)C)N(Cc1cccc(Cl)c1)S(=O)(=O)c1ccc([N+](=O)[O-])cc1. The van der Waals surface area contributed by atoms with Crippen molar-refractivity contribution in [2.75, 3.05) is 6.61 Å². The zero-order chi connectivity index (χ0) is 23.2. The highest BCUT2D eigenvalue weighted by atomic mass is 35.5. The van der Waals surface area contributed by atoms with Gasteiger partial charge in [0.1, 0.15) is 6.04 Å². The minimum Gasteiger partial charge on any atom is -0.465 e. The fraction of sp³-hybridized carbons (Fsp3) is 0.381. The summed E-state index contributed by atoms with van der Waals surface area (Å²) in [6.07, 6.45) is 0.242. The summed E-state index contributed by atoms with van der Waals surface area (Å²) in [5.41, 5.74) is 0.362. The molecule has 0 saturated heterocycles. The maximum absolute atomic E-state index is 13.5. The Bertz CT molecular complexity index is 1020. The topological polar surface area (TPSA) is 107 Å². The van der Waals surface area contributed by atoms with E-state index >= 15 is 0 Å². The van der Waals surface area contributed by atoms with E-state index in [0.717, 1.165) is 28.6 Å². The van der Waals surface area contributed by atoms with Crippen LogP contribution in [0.15, 0.2) is 53.4 Å². The molecule has 0 unspecified atom stereocenters. The number of sulfonamides is 1. The Morgan fingerprint density at radius 1 is 1.19 bits per heavy atom. The summed E-state index contributed by atoms with van der Waals surface area (Å²) < 4.78 is 33.3. The van der Waals surface area contributed by atoms with Crippen LogP contribution in [0.2, 0.25) is 5.02 Å². The molecule has 0 amide bonds. The van der Waals surface area contributed by atoms with Crippen molar-refractivity contribution in [2.45, 2.75) is 44.7 Å².